The lowest BCUT2D eigenvalue weighted by Gasteiger charge is -2.27. The van der Waals surface area contributed by atoms with Crippen molar-refractivity contribution in [3.8, 4) is 0 Å². The molecule has 1 saturated heterocycles. The molecule has 0 amide bonds. The predicted molar refractivity (Wildman–Crippen MR) is 60.8 cm³/mol. The number of nitrogens with one attached hydrogen (secondary N) is 1. The maximum Gasteiger partial charge on any atom is 0.0757 e. The van der Waals surface area contributed by atoms with Gasteiger partial charge in [0.2, 0.25) is 0 Å². The first-order valence-corrected chi connectivity index (χ1v) is 6.57. The van der Waals surface area contributed by atoms with Gasteiger partial charge in [-0.1, -0.05) is 6.92 Å². The molecule has 2 nitrogen and oxygen atoms in total. The van der Waals surface area contributed by atoms with Gasteiger partial charge in [0.15, 0.2) is 0 Å². The second-order valence-electron chi connectivity index (χ2n) is 6.11. The average Bonchev–Trinajstić information content (AvgIpc) is 3.12. The van der Waals surface area contributed by atoms with Crippen LogP contribution in [0.25, 0.3) is 0 Å². The lowest BCUT2D eigenvalue weighted by Crippen LogP contribution is -2.45. The Morgan fingerprint density at radius 2 is 2.00 bits per heavy atom. The van der Waals surface area contributed by atoms with Crippen LogP contribution in [0.4, 0.5) is 0 Å². The number of rotatable bonds is 4. The minimum atomic E-state index is 0.537. The molecule has 3 fully saturated rings. The molecular formula is C13H23NO. The summed E-state index contributed by atoms with van der Waals surface area (Å²) in [6, 6.07) is 1.32. The van der Waals surface area contributed by atoms with Crippen LogP contribution in [0.15, 0.2) is 0 Å². The fourth-order valence-corrected chi connectivity index (χ4v) is 2.83. The highest BCUT2D eigenvalue weighted by Gasteiger charge is 2.46. The molecule has 1 N–H and O–H groups in total. The summed E-state index contributed by atoms with van der Waals surface area (Å²) in [5, 5.41) is 3.83. The third kappa shape index (κ3) is 1.94. The van der Waals surface area contributed by atoms with Gasteiger partial charge >= 0.3 is 0 Å². The van der Waals surface area contributed by atoms with E-state index in [1.807, 2.05) is 0 Å². The highest BCUT2D eigenvalue weighted by atomic mass is 16.5. The smallest absolute Gasteiger partial charge is 0.0757 e. The van der Waals surface area contributed by atoms with Gasteiger partial charge in [0.25, 0.3) is 0 Å². The van der Waals surface area contributed by atoms with Crippen LogP contribution in [0.3, 0.4) is 0 Å². The molecule has 0 aromatic carbocycles. The van der Waals surface area contributed by atoms with E-state index in [2.05, 4.69) is 19.2 Å². The van der Waals surface area contributed by atoms with Crippen LogP contribution in [0.1, 0.15) is 46.0 Å². The van der Waals surface area contributed by atoms with E-state index in [4.69, 9.17) is 4.74 Å². The van der Waals surface area contributed by atoms with Crippen molar-refractivity contribution in [2.24, 2.45) is 11.3 Å². The molecule has 3 rings (SSSR count). The van der Waals surface area contributed by atoms with E-state index >= 15 is 0 Å². The van der Waals surface area contributed by atoms with Crippen molar-refractivity contribution in [1.82, 2.24) is 5.32 Å². The van der Waals surface area contributed by atoms with Gasteiger partial charge in [-0.15, -0.1) is 0 Å². The second kappa shape index (κ2) is 3.46. The van der Waals surface area contributed by atoms with E-state index in [1.54, 1.807) is 0 Å². The zero-order chi connectivity index (χ0) is 10.5. The molecule has 0 aromatic rings. The summed E-state index contributed by atoms with van der Waals surface area (Å²) in [6.45, 7) is 5.74. The molecule has 0 aromatic heterocycles. The Labute approximate surface area is 92.8 Å². The summed E-state index contributed by atoms with van der Waals surface area (Å²) in [6.07, 6.45) is 7.37. The van der Waals surface area contributed by atoms with Crippen molar-refractivity contribution in [2.45, 2.75) is 64.1 Å². The molecule has 2 heteroatoms. The minimum Gasteiger partial charge on any atom is -0.376 e. The topological polar surface area (TPSA) is 21.3 Å². The molecule has 15 heavy (non-hydrogen) atoms. The van der Waals surface area contributed by atoms with Crippen molar-refractivity contribution in [3.63, 3.8) is 0 Å². The van der Waals surface area contributed by atoms with E-state index in [1.165, 1.54) is 32.1 Å². The van der Waals surface area contributed by atoms with Crippen LogP contribution >= 0.6 is 0 Å². The Hall–Kier alpha value is -0.0800. The Kier molecular flexibility index (Phi) is 2.33. The lowest BCUT2D eigenvalue weighted by molar-refractivity contribution is 0.0772. The summed E-state index contributed by atoms with van der Waals surface area (Å²) >= 11 is 0. The van der Waals surface area contributed by atoms with Gasteiger partial charge in [0.05, 0.1) is 6.10 Å². The van der Waals surface area contributed by atoms with E-state index in [0.29, 0.717) is 23.6 Å². The molecule has 2 saturated carbocycles. The van der Waals surface area contributed by atoms with E-state index in [0.717, 1.165) is 12.5 Å². The zero-order valence-electron chi connectivity index (χ0n) is 9.96. The van der Waals surface area contributed by atoms with Gasteiger partial charge in [-0.05, 0) is 50.4 Å². The molecule has 86 valence electrons. The van der Waals surface area contributed by atoms with Crippen LogP contribution in [0.5, 0.6) is 0 Å². The van der Waals surface area contributed by atoms with Gasteiger partial charge in [-0.3, -0.25) is 0 Å². The summed E-state index contributed by atoms with van der Waals surface area (Å²) in [5.41, 5.74) is 0.594. The first-order chi connectivity index (χ1) is 7.19. The Morgan fingerprint density at radius 3 is 2.60 bits per heavy atom. The molecule has 2 aliphatic carbocycles. The molecule has 3 atom stereocenters. The maximum atomic E-state index is 5.86. The summed E-state index contributed by atoms with van der Waals surface area (Å²) in [7, 11) is 0. The molecule has 0 radical (unpaired) electrons. The monoisotopic (exact) mass is 209 g/mol. The lowest BCUT2D eigenvalue weighted by atomic mass is 9.97. The third-order valence-corrected chi connectivity index (χ3v) is 4.77. The Balaban J connectivity index is 1.57. The largest absolute Gasteiger partial charge is 0.376 e. The SMILES string of the molecule is CC(NC1CCOC1C1CC1)C1(C)CC1. The maximum absolute atomic E-state index is 5.86. The number of hydrogen-bond acceptors (Lipinski definition) is 2. The van der Waals surface area contributed by atoms with Crippen LogP contribution in [0.2, 0.25) is 0 Å². The van der Waals surface area contributed by atoms with E-state index in [-0.39, 0.29) is 0 Å². The molecule has 3 unspecified atom stereocenters. The van der Waals surface area contributed by atoms with Crippen molar-refractivity contribution >= 4 is 0 Å². The Bertz CT molecular complexity index is 245. The van der Waals surface area contributed by atoms with Gasteiger partial charge in [-0.2, -0.15) is 0 Å². The van der Waals surface area contributed by atoms with E-state index in [9.17, 15) is 0 Å². The van der Waals surface area contributed by atoms with E-state index < -0.39 is 0 Å². The van der Waals surface area contributed by atoms with Crippen LogP contribution in [-0.4, -0.2) is 24.8 Å². The Morgan fingerprint density at radius 1 is 1.27 bits per heavy atom. The molecule has 1 aliphatic heterocycles. The predicted octanol–water partition coefficient (Wildman–Crippen LogP) is 2.33. The van der Waals surface area contributed by atoms with Crippen LogP contribution < -0.4 is 5.32 Å². The molecular weight excluding hydrogens is 186 g/mol. The molecule has 1 heterocycles. The number of ether oxygens (including phenoxy) is 1. The first-order valence-electron chi connectivity index (χ1n) is 6.57. The van der Waals surface area contributed by atoms with Crippen LogP contribution in [0, 0.1) is 11.3 Å². The quantitative estimate of drug-likeness (QED) is 0.767. The van der Waals surface area contributed by atoms with Crippen molar-refractivity contribution in [3.05, 3.63) is 0 Å². The number of hydrogen-bond donors (Lipinski definition) is 1. The highest BCUT2D eigenvalue weighted by molar-refractivity contribution is 5.01. The van der Waals surface area contributed by atoms with Gasteiger partial charge in [0, 0.05) is 18.7 Å². The summed E-state index contributed by atoms with van der Waals surface area (Å²) < 4.78 is 5.86. The first kappa shape index (κ1) is 10.1. The average molecular weight is 209 g/mol. The zero-order valence-corrected chi connectivity index (χ0v) is 9.96. The third-order valence-electron chi connectivity index (χ3n) is 4.77. The van der Waals surface area contributed by atoms with Gasteiger partial charge in [-0.25, -0.2) is 0 Å². The fraction of sp³-hybridized carbons (Fsp3) is 1.00. The second-order valence-corrected chi connectivity index (χ2v) is 6.11. The molecule has 0 spiro atoms. The summed E-state index contributed by atoms with van der Waals surface area (Å²) in [5.74, 6) is 0.879. The van der Waals surface area contributed by atoms with Crippen molar-refractivity contribution in [1.29, 1.82) is 0 Å². The highest BCUT2D eigenvalue weighted by Crippen LogP contribution is 2.48. The standard InChI is InChI=1S/C13H23NO/c1-9(13(2)6-7-13)14-11-5-8-15-12(11)10-3-4-10/h9-12,14H,3-8H2,1-2H3. The normalized spacial score (nSPS) is 40.4. The molecule has 0 bridgehead atoms. The van der Waals surface area contributed by atoms with Gasteiger partial charge < -0.3 is 10.1 Å². The summed E-state index contributed by atoms with van der Waals surface area (Å²) in [4.78, 5) is 0. The fourth-order valence-electron chi connectivity index (χ4n) is 2.83. The minimum absolute atomic E-state index is 0.537. The van der Waals surface area contributed by atoms with Gasteiger partial charge in [0.1, 0.15) is 0 Å². The van der Waals surface area contributed by atoms with Crippen molar-refractivity contribution in [2.75, 3.05) is 6.61 Å². The van der Waals surface area contributed by atoms with Crippen LogP contribution in [-0.2, 0) is 4.74 Å². The molecule has 3 aliphatic rings. The van der Waals surface area contributed by atoms with Crippen molar-refractivity contribution < 1.29 is 4.74 Å².